The number of carbonyl (C=O) groups excluding carboxylic acids is 1. The van der Waals surface area contributed by atoms with E-state index in [9.17, 15) is 4.79 Å². The van der Waals surface area contributed by atoms with Gasteiger partial charge in [0.1, 0.15) is 0 Å². The molecule has 1 amide bonds. The largest absolute Gasteiger partial charge is 0.337 e. The molecule has 1 aliphatic carbocycles. The van der Waals surface area contributed by atoms with Crippen LogP contribution in [0.1, 0.15) is 46.5 Å². The number of hydrogen-bond donors (Lipinski definition) is 1. The molecule has 2 N–H and O–H groups in total. The Morgan fingerprint density at radius 1 is 1.21 bits per heavy atom. The van der Waals surface area contributed by atoms with Gasteiger partial charge >= 0.3 is 0 Å². The standard InChI is InChI=1S/C15H31N3O/c1-6-18(15(19)14(16)11(2)3)13-10-8-7-9-12(13)17(4)5/h11-14H,6-10,16H2,1-5H3/t12?,13-,14?/m0/s1. The van der Waals surface area contributed by atoms with Crippen LogP contribution < -0.4 is 5.73 Å². The Bertz CT molecular complexity index is 291. The van der Waals surface area contributed by atoms with Gasteiger partial charge < -0.3 is 15.5 Å². The lowest BCUT2D eigenvalue weighted by Crippen LogP contribution is -2.57. The molecule has 2 unspecified atom stereocenters. The highest BCUT2D eigenvalue weighted by Gasteiger charge is 2.35. The molecule has 1 saturated carbocycles. The Morgan fingerprint density at radius 3 is 2.16 bits per heavy atom. The lowest BCUT2D eigenvalue weighted by atomic mass is 9.87. The molecule has 0 aromatic heterocycles. The zero-order valence-electron chi connectivity index (χ0n) is 13.2. The first-order valence-corrected chi connectivity index (χ1v) is 7.62. The predicted octanol–water partition coefficient (Wildman–Crippen LogP) is 1.69. The second-order valence-electron chi connectivity index (χ2n) is 6.28. The van der Waals surface area contributed by atoms with E-state index in [1.54, 1.807) is 0 Å². The lowest BCUT2D eigenvalue weighted by molar-refractivity contribution is -0.137. The van der Waals surface area contributed by atoms with Gasteiger partial charge in [0.15, 0.2) is 0 Å². The molecule has 0 aromatic carbocycles. The molecular weight excluding hydrogens is 238 g/mol. The summed E-state index contributed by atoms with van der Waals surface area (Å²) < 4.78 is 0. The molecule has 1 rings (SSSR count). The van der Waals surface area contributed by atoms with Crippen molar-refractivity contribution in [2.24, 2.45) is 11.7 Å². The summed E-state index contributed by atoms with van der Waals surface area (Å²) in [5.41, 5.74) is 6.06. The fraction of sp³-hybridized carbons (Fsp3) is 0.933. The minimum absolute atomic E-state index is 0.122. The first-order valence-electron chi connectivity index (χ1n) is 7.62. The maximum atomic E-state index is 12.6. The van der Waals surface area contributed by atoms with Crippen molar-refractivity contribution in [1.82, 2.24) is 9.80 Å². The summed E-state index contributed by atoms with van der Waals surface area (Å²) in [4.78, 5) is 16.9. The first-order chi connectivity index (χ1) is 8.90. The average Bonchev–Trinajstić information content (AvgIpc) is 2.38. The fourth-order valence-corrected chi connectivity index (χ4v) is 3.09. The Kier molecular flexibility index (Phi) is 6.27. The van der Waals surface area contributed by atoms with E-state index >= 15 is 0 Å². The predicted molar refractivity (Wildman–Crippen MR) is 79.9 cm³/mol. The van der Waals surface area contributed by atoms with Crippen LogP contribution in [0.3, 0.4) is 0 Å². The number of nitrogens with two attached hydrogens (primary N) is 1. The maximum Gasteiger partial charge on any atom is 0.240 e. The van der Waals surface area contributed by atoms with Gasteiger partial charge in [-0.3, -0.25) is 4.79 Å². The first kappa shape index (κ1) is 16.4. The van der Waals surface area contributed by atoms with E-state index in [4.69, 9.17) is 5.73 Å². The number of likely N-dealkylation sites (N-methyl/N-ethyl adjacent to an activating group) is 2. The highest BCUT2D eigenvalue weighted by atomic mass is 16.2. The molecule has 0 saturated heterocycles. The second-order valence-corrected chi connectivity index (χ2v) is 6.28. The molecule has 3 atom stereocenters. The van der Waals surface area contributed by atoms with Crippen molar-refractivity contribution in [1.29, 1.82) is 0 Å². The van der Waals surface area contributed by atoms with Gasteiger partial charge in [-0.2, -0.15) is 0 Å². The molecular formula is C15H31N3O. The number of hydrogen-bond acceptors (Lipinski definition) is 3. The Morgan fingerprint density at radius 2 is 1.74 bits per heavy atom. The van der Waals surface area contributed by atoms with Crippen LogP contribution in [0.5, 0.6) is 0 Å². The minimum Gasteiger partial charge on any atom is -0.337 e. The maximum absolute atomic E-state index is 12.6. The van der Waals surface area contributed by atoms with Gasteiger partial charge in [-0.15, -0.1) is 0 Å². The topological polar surface area (TPSA) is 49.6 Å². The van der Waals surface area contributed by atoms with E-state index < -0.39 is 0 Å². The van der Waals surface area contributed by atoms with Crippen LogP contribution in [0, 0.1) is 5.92 Å². The van der Waals surface area contributed by atoms with E-state index in [-0.39, 0.29) is 17.9 Å². The molecule has 0 aliphatic heterocycles. The molecule has 19 heavy (non-hydrogen) atoms. The van der Waals surface area contributed by atoms with Crippen molar-refractivity contribution >= 4 is 5.91 Å². The summed E-state index contributed by atoms with van der Waals surface area (Å²) in [6, 6.07) is 0.424. The van der Waals surface area contributed by atoms with Crippen LogP contribution in [0.25, 0.3) is 0 Å². The summed E-state index contributed by atoms with van der Waals surface area (Å²) >= 11 is 0. The minimum atomic E-state index is -0.371. The van der Waals surface area contributed by atoms with Crippen LogP contribution in [0.2, 0.25) is 0 Å². The number of nitrogens with zero attached hydrogens (tertiary/aromatic N) is 2. The molecule has 0 bridgehead atoms. The monoisotopic (exact) mass is 269 g/mol. The summed E-state index contributed by atoms with van der Waals surface area (Å²) in [7, 11) is 4.23. The van der Waals surface area contributed by atoms with Crippen molar-refractivity contribution in [3.8, 4) is 0 Å². The van der Waals surface area contributed by atoms with Gasteiger partial charge in [0.2, 0.25) is 5.91 Å². The van der Waals surface area contributed by atoms with Gasteiger partial charge in [0.25, 0.3) is 0 Å². The molecule has 4 nitrogen and oxygen atoms in total. The second kappa shape index (κ2) is 7.25. The summed E-state index contributed by atoms with van der Waals surface area (Å²) in [5.74, 6) is 0.319. The zero-order valence-corrected chi connectivity index (χ0v) is 13.2. The van der Waals surface area contributed by atoms with Crippen LogP contribution in [0.15, 0.2) is 0 Å². The van der Waals surface area contributed by atoms with E-state index in [0.717, 1.165) is 13.0 Å². The van der Waals surface area contributed by atoms with E-state index in [1.807, 2.05) is 18.7 Å². The van der Waals surface area contributed by atoms with Crippen LogP contribution in [-0.2, 0) is 4.79 Å². The quantitative estimate of drug-likeness (QED) is 0.826. The molecule has 1 fully saturated rings. The van der Waals surface area contributed by atoms with Crippen molar-refractivity contribution in [3.63, 3.8) is 0 Å². The van der Waals surface area contributed by atoms with Crippen molar-refractivity contribution < 1.29 is 4.79 Å². The highest BCUT2D eigenvalue weighted by molar-refractivity contribution is 5.82. The van der Waals surface area contributed by atoms with Crippen molar-refractivity contribution in [3.05, 3.63) is 0 Å². The SMILES string of the molecule is CCN(C(=O)C(N)C(C)C)[C@H]1CCCCC1N(C)C. The third-order valence-corrected chi connectivity index (χ3v) is 4.38. The Balaban J connectivity index is 2.84. The van der Waals surface area contributed by atoms with Gasteiger partial charge in [0, 0.05) is 18.6 Å². The number of rotatable bonds is 5. The number of carbonyl (C=O) groups is 1. The third kappa shape index (κ3) is 3.93. The molecule has 1 aliphatic rings. The molecule has 112 valence electrons. The van der Waals surface area contributed by atoms with Crippen LogP contribution in [0.4, 0.5) is 0 Å². The molecule has 4 heteroatoms. The average molecular weight is 269 g/mol. The smallest absolute Gasteiger partial charge is 0.240 e. The van der Waals surface area contributed by atoms with Gasteiger partial charge in [-0.25, -0.2) is 0 Å². The number of amides is 1. The van der Waals surface area contributed by atoms with Crippen molar-refractivity contribution in [2.45, 2.75) is 64.6 Å². The Hall–Kier alpha value is -0.610. The Labute approximate surface area is 118 Å². The summed E-state index contributed by atoms with van der Waals surface area (Å²) in [5, 5.41) is 0. The third-order valence-electron chi connectivity index (χ3n) is 4.38. The molecule has 0 radical (unpaired) electrons. The fourth-order valence-electron chi connectivity index (χ4n) is 3.09. The molecule has 0 aromatic rings. The normalized spacial score (nSPS) is 25.7. The summed E-state index contributed by atoms with van der Waals surface area (Å²) in [6.07, 6.45) is 4.77. The summed E-state index contributed by atoms with van der Waals surface area (Å²) in [6.45, 7) is 6.85. The van der Waals surface area contributed by atoms with Crippen LogP contribution >= 0.6 is 0 Å². The molecule has 0 heterocycles. The van der Waals surface area contributed by atoms with Crippen LogP contribution in [-0.4, -0.2) is 54.5 Å². The van der Waals surface area contributed by atoms with Gasteiger partial charge in [-0.05, 0) is 39.8 Å². The van der Waals surface area contributed by atoms with Gasteiger partial charge in [0.05, 0.1) is 6.04 Å². The van der Waals surface area contributed by atoms with Gasteiger partial charge in [-0.1, -0.05) is 26.7 Å². The lowest BCUT2D eigenvalue weighted by Gasteiger charge is -2.43. The van der Waals surface area contributed by atoms with Crippen molar-refractivity contribution in [2.75, 3.05) is 20.6 Å². The van der Waals surface area contributed by atoms with E-state index in [0.29, 0.717) is 12.1 Å². The zero-order chi connectivity index (χ0) is 14.6. The van der Waals surface area contributed by atoms with E-state index in [2.05, 4.69) is 25.9 Å². The highest BCUT2D eigenvalue weighted by Crippen LogP contribution is 2.26. The van der Waals surface area contributed by atoms with E-state index in [1.165, 1.54) is 19.3 Å². The molecule has 0 spiro atoms.